The first-order valence-corrected chi connectivity index (χ1v) is 10.9. The molecule has 1 N–H and O–H groups in total. The second kappa shape index (κ2) is 8.94. The molecule has 0 aliphatic carbocycles. The average Bonchev–Trinajstić information content (AvgIpc) is 2.77. The molecule has 154 valence electrons. The Kier molecular flexibility index (Phi) is 6.10. The van der Waals surface area contributed by atoms with E-state index in [2.05, 4.69) is 32.8 Å². The Bertz CT molecular complexity index is 1390. The molecule has 0 saturated heterocycles. The first-order chi connectivity index (χ1) is 15.0. The second-order valence-corrected chi connectivity index (χ2v) is 8.34. The van der Waals surface area contributed by atoms with Crippen LogP contribution in [0.5, 0.6) is 5.88 Å². The van der Waals surface area contributed by atoms with Crippen LogP contribution >= 0.6 is 34.8 Å². The molecular weight excluding hydrogens is 523 g/mol. The van der Waals surface area contributed by atoms with E-state index in [0.29, 0.717) is 17.1 Å². The SMILES string of the molecule is Cc1ccccc1N=Nc1c(O)n(-c2ccc(I)cc2)c(=S)n(-c2ccccc2)c1=O. The number of hydrogen-bond acceptors (Lipinski definition) is 5. The van der Waals surface area contributed by atoms with Crippen molar-refractivity contribution in [3.8, 4) is 17.3 Å². The van der Waals surface area contributed by atoms with E-state index < -0.39 is 5.56 Å². The maximum absolute atomic E-state index is 13.3. The first kappa shape index (κ1) is 21.1. The normalized spacial score (nSPS) is 11.2. The molecule has 0 unspecified atom stereocenters. The lowest BCUT2D eigenvalue weighted by Crippen LogP contribution is -2.23. The van der Waals surface area contributed by atoms with E-state index in [4.69, 9.17) is 12.2 Å². The molecule has 0 aliphatic heterocycles. The Morgan fingerprint density at radius 1 is 0.839 bits per heavy atom. The average molecular weight is 540 g/mol. The van der Waals surface area contributed by atoms with Gasteiger partial charge in [0, 0.05) is 3.57 Å². The van der Waals surface area contributed by atoms with Gasteiger partial charge in [-0.25, -0.2) is 0 Å². The molecule has 4 aromatic rings. The van der Waals surface area contributed by atoms with Crippen molar-refractivity contribution in [1.29, 1.82) is 0 Å². The molecule has 0 radical (unpaired) electrons. The number of nitrogens with zero attached hydrogens (tertiary/aromatic N) is 4. The third-order valence-corrected chi connectivity index (χ3v) is 5.77. The van der Waals surface area contributed by atoms with E-state index >= 15 is 0 Å². The van der Waals surface area contributed by atoms with Gasteiger partial charge in [-0.2, -0.15) is 0 Å². The standard InChI is InChI=1S/C23H17IN4O2S/c1-15-7-5-6-10-19(15)25-26-20-21(29)27(17-8-3-2-4-9-17)23(31)28(22(20)30)18-13-11-16(24)12-14-18/h2-14,30H,1H3. The summed E-state index contributed by atoms with van der Waals surface area (Å²) in [5.74, 6) is -0.360. The fourth-order valence-corrected chi connectivity index (χ4v) is 3.82. The molecule has 0 atom stereocenters. The van der Waals surface area contributed by atoms with Crippen LogP contribution in [0.25, 0.3) is 11.4 Å². The fraction of sp³-hybridized carbons (Fsp3) is 0.0435. The van der Waals surface area contributed by atoms with E-state index in [0.717, 1.165) is 9.13 Å². The third kappa shape index (κ3) is 4.21. The van der Waals surface area contributed by atoms with Crippen molar-refractivity contribution in [2.45, 2.75) is 6.92 Å². The summed E-state index contributed by atoms with van der Waals surface area (Å²) in [5.41, 5.74) is 1.95. The molecular formula is C23H17IN4O2S. The van der Waals surface area contributed by atoms with Crippen LogP contribution in [0.15, 0.2) is 93.9 Å². The van der Waals surface area contributed by atoms with Gasteiger partial charge in [0.15, 0.2) is 4.77 Å². The van der Waals surface area contributed by atoms with E-state index in [1.165, 1.54) is 9.13 Å². The van der Waals surface area contributed by atoms with Crippen LogP contribution in [0, 0.1) is 15.3 Å². The van der Waals surface area contributed by atoms with Gasteiger partial charge in [0.25, 0.3) is 5.56 Å². The molecule has 31 heavy (non-hydrogen) atoms. The molecule has 0 saturated carbocycles. The Morgan fingerprint density at radius 3 is 2.13 bits per heavy atom. The smallest absolute Gasteiger partial charge is 0.290 e. The minimum absolute atomic E-state index is 0.129. The Morgan fingerprint density at radius 2 is 1.45 bits per heavy atom. The van der Waals surface area contributed by atoms with Crippen molar-refractivity contribution in [1.82, 2.24) is 9.13 Å². The molecule has 8 heteroatoms. The zero-order valence-corrected chi connectivity index (χ0v) is 19.4. The minimum atomic E-state index is -0.548. The van der Waals surface area contributed by atoms with Gasteiger partial charge in [0.1, 0.15) is 0 Å². The van der Waals surface area contributed by atoms with E-state index in [1.54, 1.807) is 18.2 Å². The number of aromatic nitrogens is 2. The van der Waals surface area contributed by atoms with Crippen LogP contribution < -0.4 is 5.56 Å². The quantitative estimate of drug-likeness (QED) is 0.185. The molecule has 4 rings (SSSR count). The minimum Gasteiger partial charge on any atom is -0.492 e. The molecule has 0 aliphatic rings. The molecule has 0 amide bonds. The van der Waals surface area contributed by atoms with Gasteiger partial charge < -0.3 is 5.11 Å². The highest BCUT2D eigenvalue weighted by atomic mass is 127. The summed E-state index contributed by atoms with van der Waals surface area (Å²) in [6.07, 6.45) is 0. The summed E-state index contributed by atoms with van der Waals surface area (Å²) in [6, 6.07) is 23.9. The molecule has 1 heterocycles. The zero-order chi connectivity index (χ0) is 22.0. The summed E-state index contributed by atoms with van der Waals surface area (Å²) in [4.78, 5) is 13.3. The van der Waals surface area contributed by atoms with Crippen molar-refractivity contribution in [2.24, 2.45) is 10.2 Å². The lowest BCUT2D eigenvalue weighted by atomic mass is 10.2. The zero-order valence-electron chi connectivity index (χ0n) is 16.4. The van der Waals surface area contributed by atoms with Crippen LogP contribution in [0.4, 0.5) is 11.4 Å². The van der Waals surface area contributed by atoms with E-state index in [1.807, 2.05) is 67.6 Å². The number of benzene rings is 3. The first-order valence-electron chi connectivity index (χ1n) is 9.37. The number of hydrogen-bond donors (Lipinski definition) is 1. The number of azo groups is 1. The van der Waals surface area contributed by atoms with Gasteiger partial charge in [0.2, 0.25) is 11.6 Å². The lowest BCUT2D eigenvalue weighted by molar-refractivity contribution is 0.432. The van der Waals surface area contributed by atoms with Gasteiger partial charge in [-0.15, -0.1) is 10.2 Å². The Hall–Kier alpha value is -3.11. The molecule has 0 spiro atoms. The molecule has 0 bridgehead atoms. The van der Waals surface area contributed by atoms with Crippen molar-refractivity contribution < 1.29 is 5.11 Å². The highest BCUT2D eigenvalue weighted by Crippen LogP contribution is 2.29. The summed E-state index contributed by atoms with van der Waals surface area (Å²) >= 11 is 7.81. The Balaban J connectivity index is 2.01. The fourth-order valence-electron chi connectivity index (χ4n) is 3.08. The third-order valence-electron chi connectivity index (χ3n) is 4.68. The van der Waals surface area contributed by atoms with Gasteiger partial charge in [0.05, 0.1) is 17.1 Å². The molecule has 0 fully saturated rings. The number of aromatic hydroxyl groups is 1. The van der Waals surface area contributed by atoms with Crippen molar-refractivity contribution >= 4 is 46.2 Å². The topological polar surface area (TPSA) is 71.9 Å². The maximum atomic E-state index is 13.3. The molecule has 6 nitrogen and oxygen atoms in total. The number of rotatable bonds is 4. The van der Waals surface area contributed by atoms with Gasteiger partial charge in [-0.3, -0.25) is 13.9 Å². The van der Waals surface area contributed by atoms with Gasteiger partial charge in [-0.05, 0) is 89.8 Å². The van der Waals surface area contributed by atoms with Crippen molar-refractivity contribution in [3.05, 3.63) is 103 Å². The number of halogens is 1. The van der Waals surface area contributed by atoms with Crippen molar-refractivity contribution in [2.75, 3.05) is 0 Å². The van der Waals surface area contributed by atoms with Crippen LogP contribution in [-0.2, 0) is 0 Å². The van der Waals surface area contributed by atoms with Crippen LogP contribution in [0.3, 0.4) is 0 Å². The molecule has 3 aromatic carbocycles. The van der Waals surface area contributed by atoms with E-state index in [9.17, 15) is 9.90 Å². The predicted octanol–water partition coefficient (Wildman–Crippen LogP) is 6.39. The summed E-state index contributed by atoms with van der Waals surface area (Å²) < 4.78 is 3.93. The van der Waals surface area contributed by atoms with Crippen molar-refractivity contribution in [3.63, 3.8) is 0 Å². The molecule has 1 aromatic heterocycles. The monoisotopic (exact) mass is 540 g/mol. The highest BCUT2D eigenvalue weighted by Gasteiger charge is 2.19. The summed E-state index contributed by atoms with van der Waals surface area (Å²) in [7, 11) is 0. The van der Waals surface area contributed by atoms with Crippen LogP contribution in [0.2, 0.25) is 0 Å². The number of para-hydroxylation sites is 1. The maximum Gasteiger partial charge on any atom is 0.290 e. The van der Waals surface area contributed by atoms with E-state index in [-0.39, 0.29) is 16.3 Å². The summed E-state index contributed by atoms with van der Waals surface area (Å²) in [5, 5.41) is 19.4. The predicted molar refractivity (Wildman–Crippen MR) is 132 cm³/mol. The highest BCUT2D eigenvalue weighted by molar-refractivity contribution is 14.1. The van der Waals surface area contributed by atoms with Crippen LogP contribution in [-0.4, -0.2) is 14.2 Å². The largest absolute Gasteiger partial charge is 0.492 e. The van der Waals surface area contributed by atoms with Crippen LogP contribution in [0.1, 0.15) is 5.56 Å². The van der Waals surface area contributed by atoms with Gasteiger partial charge >= 0.3 is 0 Å². The second-order valence-electron chi connectivity index (χ2n) is 6.73. The van der Waals surface area contributed by atoms with Gasteiger partial charge in [-0.1, -0.05) is 36.4 Å². The number of aryl methyl sites for hydroxylation is 1. The Labute approximate surface area is 197 Å². The lowest BCUT2D eigenvalue weighted by Gasteiger charge is -2.16. The summed E-state index contributed by atoms with van der Waals surface area (Å²) in [6.45, 7) is 1.90.